The maximum atomic E-state index is 13.2. The predicted molar refractivity (Wildman–Crippen MR) is 105 cm³/mol. The molecule has 11 heteroatoms. The second kappa shape index (κ2) is 6.54. The minimum absolute atomic E-state index is 0.283. The number of carbonyl (C=O) groups excluding carboxylic acids is 1. The number of carboxylic acid groups (broad SMARTS) is 1. The van der Waals surface area contributed by atoms with Gasteiger partial charge in [-0.25, -0.2) is 4.39 Å². The Bertz CT molecular complexity index is 875. The van der Waals surface area contributed by atoms with E-state index in [-0.39, 0.29) is 15.8 Å². The van der Waals surface area contributed by atoms with Gasteiger partial charge in [-0.2, -0.15) is 0 Å². The highest BCUT2D eigenvalue weighted by molar-refractivity contribution is 6.66. The molecule has 0 aliphatic heterocycles. The smallest absolute Gasteiger partial charge is 0.309 e. The van der Waals surface area contributed by atoms with Crippen LogP contribution in [0.2, 0.25) is 0 Å². The highest BCUT2D eigenvalue weighted by atomic mass is 35.5. The maximum absolute atomic E-state index is 13.2. The van der Waals surface area contributed by atoms with E-state index < -0.39 is 43.6 Å². The highest BCUT2D eigenvalue weighted by Crippen LogP contribution is 2.76. The van der Waals surface area contributed by atoms with E-state index in [0.29, 0.717) is 0 Å². The second-order valence-electron chi connectivity index (χ2n) is 6.29. The third-order valence-electron chi connectivity index (χ3n) is 5.01. The van der Waals surface area contributed by atoms with Gasteiger partial charge in [0.1, 0.15) is 15.6 Å². The molecule has 4 atom stereocenters. The third kappa shape index (κ3) is 2.49. The first-order valence-corrected chi connectivity index (χ1v) is 9.68. The van der Waals surface area contributed by atoms with Crippen molar-refractivity contribution in [1.82, 2.24) is 0 Å². The van der Waals surface area contributed by atoms with Crippen LogP contribution in [0.4, 0.5) is 10.1 Å². The Morgan fingerprint density at radius 3 is 1.89 bits per heavy atom. The number of allylic oxidation sites excluding steroid dienone is 2. The summed E-state index contributed by atoms with van der Waals surface area (Å²) in [4.78, 5) is 22.1. The van der Waals surface area contributed by atoms with Gasteiger partial charge in [0.05, 0.1) is 21.9 Å². The average molecular weight is 496 g/mol. The summed E-state index contributed by atoms with van der Waals surface area (Å²) in [5.41, 5.74) is 0.290. The van der Waals surface area contributed by atoms with Crippen LogP contribution in [-0.2, 0) is 9.59 Å². The van der Waals surface area contributed by atoms with E-state index in [1.807, 2.05) is 0 Å². The molecule has 1 aromatic carbocycles. The van der Waals surface area contributed by atoms with Gasteiger partial charge in [0, 0.05) is 12.7 Å². The van der Waals surface area contributed by atoms with Gasteiger partial charge in [0.15, 0.2) is 4.33 Å². The summed E-state index contributed by atoms with van der Waals surface area (Å²) in [6.07, 6.45) is 0. The number of carbonyl (C=O) groups is 2. The first-order valence-electron chi connectivity index (χ1n) is 7.41. The van der Waals surface area contributed by atoms with Crippen LogP contribution in [0.5, 0.6) is 0 Å². The molecule has 0 saturated heterocycles. The lowest BCUT2D eigenvalue weighted by molar-refractivity contribution is -0.146. The Balaban J connectivity index is 2.15. The number of hydrogen-bond donors (Lipinski definition) is 1. The minimum atomic E-state index is -2.18. The summed E-state index contributed by atoms with van der Waals surface area (Å²) < 4.78 is 11.0. The number of carboxylic acids is 1. The molecule has 0 spiro atoms. The minimum Gasteiger partial charge on any atom is -0.481 e. The number of benzene rings is 1. The molecular formula is C16H10Cl6FNO3. The van der Waals surface area contributed by atoms with Crippen LogP contribution in [0.25, 0.3) is 0 Å². The zero-order valence-electron chi connectivity index (χ0n) is 13.3. The van der Waals surface area contributed by atoms with Crippen molar-refractivity contribution in [1.29, 1.82) is 0 Å². The molecule has 27 heavy (non-hydrogen) atoms. The fourth-order valence-corrected chi connectivity index (χ4v) is 6.54. The van der Waals surface area contributed by atoms with Crippen LogP contribution in [0.3, 0.4) is 0 Å². The van der Waals surface area contributed by atoms with Gasteiger partial charge in [0.2, 0.25) is 5.91 Å². The molecule has 1 N–H and O–H groups in total. The maximum Gasteiger partial charge on any atom is 0.309 e. The van der Waals surface area contributed by atoms with Crippen LogP contribution in [0, 0.1) is 17.7 Å². The van der Waals surface area contributed by atoms with Gasteiger partial charge >= 0.3 is 5.97 Å². The Labute approximate surface area is 183 Å². The van der Waals surface area contributed by atoms with E-state index in [1.165, 1.54) is 19.2 Å². The van der Waals surface area contributed by atoms with Crippen LogP contribution in [-0.4, -0.2) is 38.1 Å². The number of rotatable bonds is 3. The molecule has 1 aromatic rings. The van der Waals surface area contributed by atoms with Crippen molar-refractivity contribution in [3.63, 3.8) is 0 Å². The molecule has 1 amide bonds. The quantitative estimate of drug-likeness (QED) is 0.604. The topological polar surface area (TPSA) is 57.6 Å². The molecule has 146 valence electrons. The molecule has 2 aliphatic carbocycles. The van der Waals surface area contributed by atoms with Gasteiger partial charge in [-0.3, -0.25) is 9.59 Å². The van der Waals surface area contributed by atoms with E-state index in [0.717, 1.165) is 17.0 Å². The average Bonchev–Trinajstić information content (AvgIpc) is 2.81. The lowest BCUT2D eigenvalue weighted by Gasteiger charge is -2.35. The van der Waals surface area contributed by atoms with E-state index in [2.05, 4.69) is 0 Å². The van der Waals surface area contributed by atoms with Crippen molar-refractivity contribution in [2.45, 2.75) is 14.1 Å². The van der Waals surface area contributed by atoms with E-state index in [1.54, 1.807) is 0 Å². The van der Waals surface area contributed by atoms with Crippen molar-refractivity contribution in [3.8, 4) is 0 Å². The largest absolute Gasteiger partial charge is 0.481 e. The van der Waals surface area contributed by atoms with Gasteiger partial charge < -0.3 is 10.0 Å². The molecule has 0 unspecified atom stereocenters. The Hall–Kier alpha value is -0.430. The van der Waals surface area contributed by atoms with E-state index in [9.17, 15) is 19.1 Å². The summed E-state index contributed by atoms with van der Waals surface area (Å²) in [6.45, 7) is 0. The van der Waals surface area contributed by atoms with Crippen molar-refractivity contribution < 1.29 is 19.1 Å². The first kappa shape index (κ1) is 21.3. The summed E-state index contributed by atoms with van der Waals surface area (Å²) in [7, 11) is 1.37. The number of fused-ring (bicyclic) bond motifs is 2. The van der Waals surface area contributed by atoms with Crippen LogP contribution >= 0.6 is 69.6 Å². The number of aliphatic carboxylic acids is 1. The predicted octanol–water partition coefficient (Wildman–Crippen LogP) is 4.95. The fourth-order valence-electron chi connectivity index (χ4n) is 3.61. The lowest BCUT2D eigenvalue weighted by Crippen LogP contribution is -2.50. The second-order valence-corrected chi connectivity index (χ2v) is 9.57. The standard InChI is InChI=1S/C16H10Cl6FNO3/c1-24(7-4-2-6(23)3-5-7)12(25)8-9(13(26)27)15(20)11(18)10(17)14(8,19)16(15,21)22/h2-5,8-9H,1H3,(H,26,27)/t8-,9-,14-,15-/m1/s1. The number of hydrogen-bond acceptors (Lipinski definition) is 2. The van der Waals surface area contributed by atoms with Crippen molar-refractivity contribution in [2.75, 3.05) is 11.9 Å². The molecule has 1 saturated carbocycles. The summed E-state index contributed by atoms with van der Waals surface area (Å²) in [5.74, 6) is -5.92. The zero-order chi connectivity index (χ0) is 20.5. The number of halogens is 7. The summed E-state index contributed by atoms with van der Waals surface area (Å²) >= 11 is 38.1. The fraction of sp³-hybridized carbons (Fsp3) is 0.375. The SMILES string of the molecule is CN(C(=O)[C@H]1[C@H](C(=O)O)[C@@]2(Cl)C(Cl)=C(Cl)[C@@]1(Cl)C2(Cl)Cl)c1ccc(F)cc1. The van der Waals surface area contributed by atoms with Crippen molar-refractivity contribution in [2.24, 2.45) is 11.8 Å². The molecule has 2 bridgehead atoms. The number of amides is 1. The van der Waals surface area contributed by atoms with Crippen LogP contribution < -0.4 is 4.90 Å². The van der Waals surface area contributed by atoms with E-state index in [4.69, 9.17) is 69.6 Å². The summed E-state index contributed by atoms with van der Waals surface area (Å²) in [6, 6.07) is 4.97. The van der Waals surface area contributed by atoms with Crippen LogP contribution in [0.15, 0.2) is 34.3 Å². The first-order chi connectivity index (χ1) is 12.3. The molecular weight excluding hydrogens is 486 g/mol. The van der Waals surface area contributed by atoms with Crippen molar-refractivity contribution in [3.05, 3.63) is 40.1 Å². The molecule has 1 fully saturated rings. The van der Waals surface area contributed by atoms with E-state index >= 15 is 0 Å². The van der Waals surface area contributed by atoms with Gasteiger partial charge in [0.25, 0.3) is 0 Å². The number of nitrogens with zero attached hydrogens (tertiary/aromatic N) is 1. The number of alkyl halides is 4. The van der Waals surface area contributed by atoms with Crippen molar-refractivity contribution >= 4 is 87.2 Å². The molecule has 0 heterocycles. The molecule has 0 aromatic heterocycles. The summed E-state index contributed by atoms with van der Waals surface area (Å²) in [5, 5.41) is 9.16. The lowest BCUT2D eigenvalue weighted by atomic mass is 9.81. The monoisotopic (exact) mass is 493 g/mol. The molecule has 3 rings (SSSR count). The van der Waals surface area contributed by atoms with Gasteiger partial charge in [-0.1, -0.05) is 46.4 Å². The van der Waals surface area contributed by atoms with Gasteiger partial charge in [-0.15, -0.1) is 23.2 Å². The zero-order valence-corrected chi connectivity index (χ0v) is 17.9. The third-order valence-corrected chi connectivity index (χ3v) is 9.27. The Morgan fingerprint density at radius 1 is 1.00 bits per heavy atom. The highest BCUT2D eigenvalue weighted by Gasteiger charge is 2.85. The number of anilines is 1. The molecule has 0 radical (unpaired) electrons. The van der Waals surface area contributed by atoms with Crippen LogP contribution in [0.1, 0.15) is 0 Å². The Kier molecular flexibility index (Phi) is 5.16. The Morgan fingerprint density at radius 2 is 1.44 bits per heavy atom. The molecule has 4 nitrogen and oxygen atoms in total. The van der Waals surface area contributed by atoms with Gasteiger partial charge in [-0.05, 0) is 24.3 Å². The molecule has 2 aliphatic rings. The normalized spacial score (nSPS) is 34.1.